The fourth-order valence-electron chi connectivity index (χ4n) is 5.69. The predicted molar refractivity (Wildman–Crippen MR) is 186 cm³/mol. The summed E-state index contributed by atoms with van der Waals surface area (Å²) in [5.41, 5.74) is 8.76. The van der Waals surface area contributed by atoms with Crippen molar-refractivity contribution in [3.8, 4) is 28.4 Å². The van der Waals surface area contributed by atoms with E-state index in [4.69, 9.17) is 9.72 Å². The summed E-state index contributed by atoms with van der Waals surface area (Å²) >= 11 is 0. The Kier molecular flexibility index (Phi) is 9.98. The van der Waals surface area contributed by atoms with E-state index in [9.17, 15) is 0 Å². The number of nitrogens with zero attached hydrogens (tertiary/aromatic N) is 6. The first-order valence-corrected chi connectivity index (χ1v) is 16.1. The second-order valence-electron chi connectivity index (χ2n) is 13.9. The van der Waals surface area contributed by atoms with Crippen molar-refractivity contribution >= 4 is 16.7 Å². The van der Waals surface area contributed by atoms with Crippen LogP contribution in [0.5, 0.6) is 11.5 Å². The van der Waals surface area contributed by atoms with Gasteiger partial charge < -0.3 is 19.5 Å². The fourth-order valence-corrected chi connectivity index (χ4v) is 5.69. The van der Waals surface area contributed by atoms with Gasteiger partial charge in [-0.15, -0.1) is 30.0 Å². The van der Waals surface area contributed by atoms with Gasteiger partial charge >= 0.3 is 0 Å². The second-order valence-corrected chi connectivity index (χ2v) is 13.9. The third-order valence-electron chi connectivity index (χ3n) is 8.36. The number of aromatic nitrogens is 4. The summed E-state index contributed by atoms with van der Waals surface area (Å²) in [5.74, 6) is 2.96. The zero-order valence-corrected chi connectivity index (χ0v) is 30.9. The normalized spacial score (nSPS) is 13.4. The van der Waals surface area contributed by atoms with E-state index in [0.717, 1.165) is 11.3 Å². The third-order valence-corrected chi connectivity index (χ3v) is 8.36. The summed E-state index contributed by atoms with van der Waals surface area (Å²) in [6.07, 6.45) is 9.35. The van der Waals surface area contributed by atoms with Crippen LogP contribution in [0.15, 0.2) is 73.5 Å². The van der Waals surface area contributed by atoms with E-state index in [1.165, 1.54) is 22.3 Å². The number of anilines is 1. The van der Waals surface area contributed by atoms with Gasteiger partial charge in [-0.05, 0) is 108 Å². The van der Waals surface area contributed by atoms with Crippen LogP contribution >= 0.6 is 0 Å². The van der Waals surface area contributed by atoms with Crippen molar-refractivity contribution in [2.24, 2.45) is 0 Å². The zero-order chi connectivity index (χ0) is 32.7. The topological polar surface area (TPSA) is 59.3 Å². The Balaban J connectivity index is 0.00000433. The van der Waals surface area contributed by atoms with Gasteiger partial charge in [0.2, 0.25) is 0 Å². The van der Waals surface area contributed by atoms with Crippen LogP contribution in [-0.4, -0.2) is 30.2 Å². The molecule has 0 aliphatic carbocycles. The van der Waals surface area contributed by atoms with Gasteiger partial charge in [0, 0.05) is 50.5 Å². The van der Waals surface area contributed by atoms with Crippen LogP contribution in [0, 0.1) is 18.8 Å². The fraction of sp³-hybridized carbons (Fsp3) is 0.333. The number of hydrogen-bond donors (Lipinski definition) is 0. The molecule has 1 aliphatic rings. The number of benzene rings is 2. The molecule has 0 saturated heterocycles. The number of ether oxygens (including phenoxy) is 1. The molecule has 0 amide bonds. The van der Waals surface area contributed by atoms with Crippen molar-refractivity contribution in [2.45, 2.75) is 85.6 Å². The van der Waals surface area contributed by atoms with Crippen molar-refractivity contribution < 1.29 is 25.8 Å². The first-order chi connectivity index (χ1) is 21.9. The van der Waals surface area contributed by atoms with Gasteiger partial charge in [0.05, 0.1) is 0 Å². The van der Waals surface area contributed by atoms with E-state index >= 15 is 0 Å². The van der Waals surface area contributed by atoms with Gasteiger partial charge in [0.25, 0.3) is 0 Å². The first kappa shape index (κ1) is 34.4. The number of rotatable bonds is 8. The minimum absolute atomic E-state index is 0. The van der Waals surface area contributed by atoms with Gasteiger partial charge in [-0.3, -0.25) is 0 Å². The first-order valence-electron chi connectivity index (χ1n) is 16.1. The number of hydrogen-bond acceptors (Lipinski definition) is 6. The molecule has 0 N–H and O–H groups in total. The third kappa shape index (κ3) is 7.16. The maximum Gasteiger partial charge on any atom is 0.152 e. The van der Waals surface area contributed by atoms with E-state index in [1.54, 1.807) is 17.1 Å². The molecule has 0 unspecified atom stereocenters. The molecule has 6 rings (SSSR count). The van der Waals surface area contributed by atoms with Gasteiger partial charge in [-0.2, -0.15) is 17.8 Å². The Bertz CT molecular complexity index is 1870. The Morgan fingerprint density at radius 1 is 0.809 bits per heavy atom. The van der Waals surface area contributed by atoms with E-state index in [2.05, 4.69) is 127 Å². The molecule has 0 atom stereocenters. The van der Waals surface area contributed by atoms with Crippen LogP contribution < -0.4 is 9.64 Å². The van der Waals surface area contributed by atoms with Crippen LogP contribution in [0.1, 0.15) is 96.8 Å². The Hall–Kier alpha value is -3.96. The van der Waals surface area contributed by atoms with Crippen LogP contribution in [-0.2, 0) is 21.1 Å². The van der Waals surface area contributed by atoms with E-state index < -0.39 is 0 Å². The minimum Gasteiger partial charge on any atom is -0.508 e. The molecule has 248 valence electrons. The Morgan fingerprint density at radius 3 is 2.17 bits per heavy atom. The van der Waals surface area contributed by atoms with Crippen LogP contribution in [0.25, 0.3) is 28.0 Å². The monoisotopic (exact) mass is 806 g/mol. The molecule has 2 aromatic carbocycles. The maximum absolute atomic E-state index is 6.24. The van der Waals surface area contributed by atoms with E-state index in [0.29, 0.717) is 46.1 Å². The summed E-state index contributed by atoms with van der Waals surface area (Å²) in [6, 6.07) is 21.6. The van der Waals surface area contributed by atoms with Crippen molar-refractivity contribution in [2.75, 3.05) is 4.90 Å². The van der Waals surface area contributed by atoms with Crippen molar-refractivity contribution in [1.29, 1.82) is 0 Å². The summed E-state index contributed by atoms with van der Waals surface area (Å²) in [4.78, 5) is 13.6. The molecule has 0 radical (unpaired) electrons. The molecule has 1 aliphatic heterocycles. The summed E-state index contributed by atoms with van der Waals surface area (Å²) in [5, 5.41) is 4.67. The van der Waals surface area contributed by atoms with Gasteiger partial charge in [0.15, 0.2) is 5.82 Å². The second kappa shape index (κ2) is 13.6. The van der Waals surface area contributed by atoms with Crippen molar-refractivity contribution in [3.63, 3.8) is 0 Å². The average molecular weight is 807 g/mol. The van der Waals surface area contributed by atoms with Gasteiger partial charge in [0.1, 0.15) is 0 Å². The molecular formula is C39H43N6OPt-3. The minimum atomic E-state index is -0.0153. The van der Waals surface area contributed by atoms with Gasteiger partial charge in [-0.1, -0.05) is 53.7 Å². The molecule has 7 nitrogen and oxygen atoms in total. The Morgan fingerprint density at radius 2 is 1.53 bits per heavy atom. The predicted octanol–water partition coefficient (Wildman–Crippen LogP) is 9.75. The van der Waals surface area contributed by atoms with Crippen LogP contribution in [0.2, 0.25) is 0 Å². The molecule has 0 spiro atoms. The number of pyridine rings is 2. The standard InChI is InChI=1S/C39H43N6O.Pt/c1-25(2)29-17-33(26(3)4)38(34(18-29)27(5)6)28-13-14-40-37(19-28)45-36-21-32(22-41-35(36)23-42-45)46-31-12-10-11-30(20-31)43-15-16-44(24-43)39(7,8)9;/h10-19,22-27H,1-9H3;/q-3;. The molecule has 47 heavy (non-hydrogen) atoms. The summed E-state index contributed by atoms with van der Waals surface area (Å²) in [7, 11) is 0. The summed E-state index contributed by atoms with van der Waals surface area (Å²) in [6.45, 7) is 22.2. The number of fused-ring (bicyclic) bond motifs is 1. The average Bonchev–Trinajstić information content (AvgIpc) is 3.69. The van der Waals surface area contributed by atoms with E-state index in [-0.39, 0.29) is 26.6 Å². The molecule has 4 heterocycles. The Labute approximate surface area is 293 Å². The molecule has 0 saturated carbocycles. The molecular weight excluding hydrogens is 764 g/mol. The van der Waals surface area contributed by atoms with Crippen molar-refractivity contribution in [3.05, 3.63) is 109 Å². The molecule has 3 aromatic heterocycles. The van der Waals surface area contributed by atoms with Crippen molar-refractivity contribution in [1.82, 2.24) is 24.6 Å². The quantitative estimate of drug-likeness (QED) is 0.146. The SMILES string of the molecule is CC(C)c1cc(C(C)C)c(-c2ccnc(-n3ncc4ncc(Oc5[c-]c(N6C=CN(C(C)(C)C)[CH-]6)ccc5)[c-]c43)c2)c(C(C)C)c1.[Pt]. The van der Waals surface area contributed by atoms with Gasteiger partial charge in [-0.25, -0.2) is 9.67 Å². The maximum atomic E-state index is 6.24. The largest absolute Gasteiger partial charge is 0.508 e. The van der Waals surface area contributed by atoms with Crippen LogP contribution in [0.3, 0.4) is 0 Å². The molecule has 0 bridgehead atoms. The smallest absolute Gasteiger partial charge is 0.152 e. The van der Waals surface area contributed by atoms with Crippen LogP contribution in [0.4, 0.5) is 5.69 Å². The molecule has 8 heteroatoms. The zero-order valence-electron chi connectivity index (χ0n) is 28.6. The molecule has 0 fully saturated rings. The molecule has 5 aromatic rings. The van der Waals surface area contributed by atoms with E-state index in [1.807, 2.05) is 35.5 Å². The summed E-state index contributed by atoms with van der Waals surface area (Å²) < 4.78 is 8.02.